The molecule has 1 heterocycles. The minimum Gasteiger partial charge on any atom is -0.459 e. The number of amides is 1. The average Bonchev–Trinajstić information content (AvgIpc) is 3.12. The van der Waals surface area contributed by atoms with Gasteiger partial charge >= 0.3 is 12.1 Å². The third-order valence-corrected chi connectivity index (χ3v) is 4.75. The molecule has 0 aliphatic carbocycles. The van der Waals surface area contributed by atoms with E-state index < -0.39 is 30.3 Å². The van der Waals surface area contributed by atoms with E-state index in [0.717, 1.165) is 16.0 Å². The minimum atomic E-state index is -1.24. The van der Waals surface area contributed by atoms with Crippen molar-refractivity contribution in [1.82, 2.24) is 4.90 Å². The summed E-state index contributed by atoms with van der Waals surface area (Å²) in [5.74, 6) is -0.715. The topological polar surface area (TPSA) is 85.3 Å². The summed E-state index contributed by atoms with van der Waals surface area (Å²) >= 11 is 0. The van der Waals surface area contributed by atoms with E-state index in [4.69, 9.17) is 14.2 Å². The molecule has 0 spiro atoms. The van der Waals surface area contributed by atoms with Gasteiger partial charge in [-0.1, -0.05) is 66.7 Å². The minimum absolute atomic E-state index is 0.00767. The van der Waals surface area contributed by atoms with Crippen molar-refractivity contribution in [3.05, 3.63) is 84.4 Å². The molecule has 0 bridgehead atoms. The van der Waals surface area contributed by atoms with Crippen molar-refractivity contribution in [1.29, 1.82) is 0 Å². The number of likely N-dealkylation sites (tertiary alicyclic amines) is 1. The molecular weight excluding hydrogens is 386 g/mol. The number of esters is 1. The van der Waals surface area contributed by atoms with Crippen molar-refractivity contribution in [2.24, 2.45) is 0 Å². The summed E-state index contributed by atoms with van der Waals surface area (Å²) in [6, 6.07) is 17.1. The Morgan fingerprint density at radius 3 is 2.13 bits per heavy atom. The lowest BCUT2D eigenvalue weighted by molar-refractivity contribution is -0.153. The number of hydrogen-bond acceptors (Lipinski definition) is 6. The Kier molecular flexibility index (Phi) is 7.59. The molecule has 1 fully saturated rings. The molecule has 2 aromatic rings. The number of carbonyl (C=O) groups excluding carboxylic acids is 2. The number of aliphatic hydroxyl groups excluding tert-OH is 1. The maximum absolute atomic E-state index is 12.7. The van der Waals surface area contributed by atoms with E-state index in [9.17, 15) is 14.7 Å². The SMILES string of the molecule is C=CCO[C@@H]1CN(C(=O)OCc2ccccc2)[C@H](C(=O)OCc2ccccc2)[C@H]1O. The van der Waals surface area contributed by atoms with Crippen LogP contribution in [0.1, 0.15) is 11.1 Å². The van der Waals surface area contributed by atoms with Crippen LogP contribution in [-0.4, -0.2) is 53.5 Å². The highest BCUT2D eigenvalue weighted by atomic mass is 16.6. The van der Waals surface area contributed by atoms with Gasteiger partial charge in [-0.25, -0.2) is 9.59 Å². The highest BCUT2D eigenvalue weighted by Crippen LogP contribution is 2.24. The Labute approximate surface area is 175 Å². The standard InChI is InChI=1S/C23H25NO6/c1-2-13-28-19-14-24(23(27)30-16-18-11-7-4-8-12-18)20(21(19)25)22(26)29-15-17-9-5-3-6-10-17/h2-12,19-21,25H,1,13-16H2/t19-,20+,21+/m1/s1. The van der Waals surface area contributed by atoms with Gasteiger partial charge in [0, 0.05) is 0 Å². The first-order valence-corrected chi connectivity index (χ1v) is 9.68. The fraction of sp³-hybridized carbons (Fsp3) is 0.304. The largest absolute Gasteiger partial charge is 0.459 e. The molecule has 0 saturated carbocycles. The van der Waals surface area contributed by atoms with Crippen molar-refractivity contribution in [3.63, 3.8) is 0 Å². The molecule has 0 radical (unpaired) electrons. The molecule has 1 saturated heterocycles. The second kappa shape index (κ2) is 10.6. The van der Waals surface area contributed by atoms with E-state index in [-0.39, 0.29) is 26.4 Å². The predicted octanol–water partition coefficient (Wildman–Crippen LogP) is 2.68. The van der Waals surface area contributed by atoms with Crippen molar-refractivity contribution in [2.75, 3.05) is 13.2 Å². The van der Waals surface area contributed by atoms with E-state index in [0.29, 0.717) is 0 Å². The van der Waals surface area contributed by atoms with E-state index >= 15 is 0 Å². The first-order valence-electron chi connectivity index (χ1n) is 9.68. The van der Waals surface area contributed by atoms with Gasteiger partial charge < -0.3 is 19.3 Å². The van der Waals surface area contributed by atoms with Crippen LogP contribution in [0.5, 0.6) is 0 Å². The third kappa shape index (κ3) is 5.46. The van der Waals surface area contributed by atoms with Crippen molar-refractivity contribution in [2.45, 2.75) is 31.5 Å². The Bertz CT molecular complexity index is 841. The highest BCUT2D eigenvalue weighted by Gasteiger charge is 2.49. The fourth-order valence-electron chi connectivity index (χ4n) is 3.22. The molecular formula is C23H25NO6. The summed E-state index contributed by atoms with van der Waals surface area (Å²) in [5.41, 5.74) is 1.62. The van der Waals surface area contributed by atoms with Gasteiger partial charge in [0.25, 0.3) is 0 Å². The van der Waals surface area contributed by atoms with Gasteiger partial charge in [0.1, 0.15) is 25.4 Å². The summed E-state index contributed by atoms with van der Waals surface area (Å²) in [7, 11) is 0. The van der Waals surface area contributed by atoms with Crippen molar-refractivity contribution in [3.8, 4) is 0 Å². The van der Waals surface area contributed by atoms with E-state index in [1.54, 1.807) is 0 Å². The number of carbonyl (C=O) groups is 2. The van der Waals surface area contributed by atoms with Gasteiger partial charge in [0.15, 0.2) is 6.04 Å². The third-order valence-electron chi connectivity index (χ3n) is 4.75. The van der Waals surface area contributed by atoms with Gasteiger partial charge in [-0.15, -0.1) is 6.58 Å². The Morgan fingerprint density at radius 1 is 1.00 bits per heavy atom. The van der Waals surface area contributed by atoms with E-state index in [1.807, 2.05) is 60.7 Å². The average molecular weight is 411 g/mol. The van der Waals surface area contributed by atoms with Crippen LogP contribution in [0.4, 0.5) is 4.79 Å². The van der Waals surface area contributed by atoms with Gasteiger partial charge in [0.2, 0.25) is 0 Å². The molecule has 2 aromatic carbocycles. The molecule has 7 heteroatoms. The van der Waals surface area contributed by atoms with Gasteiger partial charge in [-0.05, 0) is 11.1 Å². The van der Waals surface area contributed by atoms with Crippen LogP contribution in [0, 0.1) is 0 Å². The highest BCUT2D eigenvalue weighted by molar-refractivity contribution is 5.83. The van der Waals surface area contributed by atoms with Gasteiger partial charge in [-0.2, -0.15) is 0 Å². The second-order valence-electron chi connectivity index (χ2n) is 6.88. The summed E-state index contributed by atoms with van der Waals surface area (Å²) in [6.07, 6.45) is -1.17. The van der Waals surface area contributed by atoms with Crippen LogP contribution >= 0.6 is 0 Å². The summed E-state index contributed by atoms with van der Waals surface area (Å²) in [6.45, 7) is 3.85. The van der Waals surface area contributed by atoms with E-state index in [1.165, 1.54) is 6.08 Å². The Morgan fingerprint density at radius 2 is 1.57 bits per heavy atom. The molecule has 30 heavy (non-hydrogen) atoms. The molecule has 1 N–H and O–H groups in total. The summed E-state index contributed by atoms with van der Waals surface area (Å²) in [4.78, 5) is 26.6. The number of rotatable bonds is 8. The smallest absolute Gasteiger partial charge is 0.411 e. The molecule has 0 unspecified atom stereocenters. The van der Waals surface area contributed by atoms with Crippen LogP contribution in [0.3, 0.4) is 0 Å². The monoisotopic (exact) mass is 411 g/mol. The van der Waals surface area contributed by atoms with Crippen LogP contribution in [-0.2, 0) is 32.2 Å². The molecule has 1 aliphatic rings. The molecule has 1 amide bonds. The number of ether oxygens (including phenoxy) is 3. The number of benzene rings is 2. The van der Waals surface area contributed by atoms with Crippen LogP contribution < -0.4 is 0 Å². The molecule has 158 valence electrons. The first-order chi connectivity index (χ1) is 14.6. The molecule has 3 atom stereocenters. The molecule has 0 aromatic heterocycles. The second-order valence-corrected chi connectivity index (χ2v) is 6.88. The zero-order valence-electron chi connectivity index (χ0n) is 16.6. The van der Waals surface area contributed by atoms with Crippen LogP contribution in [0.25, 0.3) is 0 Å². The van der Waals surface area contributed by atoms with Gasteiger partial charge in [-0.3, -0.25) is 4.90 Å². The lowest BCUT2D eigenvalue weighted by Gasteiger charge is -2.23. The number of nitrogens with zero attached hydrogens (tertiary/aromatic N) is 1. The van der Waals surface area contributed by atoms with Crippen LogP contribution in [0.2, 0.25) is 0 Å². The zero-order chi connectivity index (χ0) is 21.3. The predicted molar refractivity (Wildman–Crippen MR) is 109 cm³/mol. The Balaban J connectivity index is 1.67. The zero-order valence-corrected chi connectivity index (χ0v) is 16.6. The fourth-order valence-corrected chi connectivity index (χ4v) is 3.22. The maximum Gasteiger partial charge on any atom is 0.411 e. The lowest BCUT2D eigenvalue weighted by Crippen LogP contribution is -2.46. The summed E-state index contributed by atoms with van der Waals surface area (Å²) < 4.78 is 16.2. The van der Waals surface area contributed by atoms with Gasteiger partial charge in [0.05, 0.1) is 13.2 Å². The van der Waals surface area contributed by atoms with E-state index in [2.05, 4.69) is 6.58 Å². The summed E-state index contributed by atoms with van der Waals surface area (Å²) in [5, 5.41) is 10.6. The molecule has 1 aliphatic heterocycles. The normalized spacial score (nSPS) is 20.6. The maximum atomic E-state index is 12.7. The Hall–Kier alpha value is -3.16. The first kappa shape index (κ1) is 21.5. The number of hydrogen-bond donors (Lipinski definition) is 1. The molecule has 3 rings (SSSR count). The van der Waals surface area contributed by atoms with Crippen LogP contribution in [0.15, 0.2) is 73.3 Å². The number of aliphatic hydroxyl groups is 1. The lowest BCUT2D eigenvalue weighted by atomic mass is 10.1. The molecule has 7 nitrogen and oxygen atoms in total. The van der Waals surface area contributed by atoms with Crippen molar-refractivity contribution >= 4 is 12.1 Å². The van der Waals surface area contributed by atoms with Crippen molar-refractivity contribution < 1.29 is 28.9 Å². The quantitative estimate of drug-likeness (QED) is 0.531.